The third kappa shape index (κ3) is 4.58. The molecule has 8 nitrogen and oxygen atoms in total. The molecule has 28 heavy (non-hydrogen) atoms. The molecule has 0 bridgehead atoms. The maximum absolute atomic E-state index is 12.4. The molecule has 0 radical (unpaired) electrons. The fraction of sp³-hybridized carbons (Fsp3) is 0.263. The summed E-state index contributed by atoms with van der Waals surface area (Å²) in [6, 6.07) is 6.30. The number of ether oxygens (including phenoxy) is 5. The second kappa shape index (κ2) is 9.70. The lowest BCUT2D eigenvalue weighted by molar-refractivity contribution is 0.0954. The fourth-order valence-electron chi connectivity index (χ4n) is 2.41. The van der Waals surface area contributed by atoms with Crippen LogP contribution in [0.2, 0.25) is 5.02 Å². The standard InChI is InChI=1S/C19H21ClN2O6/c1-24-14-8-12(13(20)9-15(14)25-2)10-21-22-19(23)11-6-16(26-3)18(28-5)17(7-11)27-4/h6-10H,1-5H3,(H,22,23)/b21-10+. The minimum absolute atomic E-state index is 0.282. The molecule has 150 valence electrons. The van der Waals surface area contributed by atoms with Crippen LogP contribution in [0.25, 0.3) is 0 Å². The Labute approximate surface area is 167 Å². The van der Waals surface area contributed by atoms with Gasteiger partial charge in [-0.25, -0.2) is 5.43 Å². The van der Waals surface area contributed by atoms with Crippen molar-refractivity contribution in [1.82, 2.24) is 5.43 Å². The van der Waals surface area contributed by atoms with Gasteiger partial charge in [0.1, 0.15) is 0 Å². The molecule has 2 rings (SSSR count). The third-order valence-corrected chi connectivity index (χ3v) is 4.13. The number of hydrazone groups is 1. The number of amides is 1. The highest BCUT2D eigenvalue weighted by Crippen LogP contribution is 2.38. The van der Waals surface area contributed by atoms with E-state index < -0.39 is 5.91 Å². The molecule has 0 unspecified atom stereocenters. The van der Waals surface area contributed by atoms with Crippen LogP contribution in [0.4, 0.5) is 0 Å². The quantitative estimate of drug-likeness (QED) is 0.533. The van der Waals surface area contributed by atoms with E-state index in [1.807, 2.05) is 0 Å². The number of benzene rings is 2. The van der Waals surface area contributed by atoms with Gasteiger partial charge in [-0.2, -0.15) is 5.10 Å². The monoisotopic (exact) mass is 408 g/mol. The van der Waals surface area contributed by atoms with Crippen LogP contribution in [0.1, 0.15) is 15.9 Å². The second-order valence-electron chi connectivity index (χ2n) is 5.34. The molecule has 0 aliphatic rings. The van der Waals surface area contributed by atoms with Crippen LogP contribution < -0.4 is 29.1 Å². The minimum Gasteiger partial charge on any atom is -0.493 e. The smallest absolute Gasteiger partial charge is 0.271 e. The summed E-state index contributed by atoms with van der Waals surface area (Å²) in [4.78, 5) is 12.4. The number of halogens is 1. The molecule has 0 saturated heterocycles. The highest BCUT2D eigenvalue weighted by atomic mass is 35.5. The second-order valence-corrected chi connectivity index (χ2v) is 5.75. The van der Waals surface area contributed by atoms with E-state index in [0.29, 0.717) is 39.3 Å². The summed E-state index contributed by atoms with van der Waals surface area (Å²) in [7, 11) is 7.45. The summed E-state index contributed by atoms with van der Waals surface area (Å²) in [6.45, 7) is 0. The SMILES string of the molecule is COc1cc(Cl)c(/C=N/NC(=O)c2cc(OC)c(OC)c(OC)c2)cc1OC. The van der Waals surface area contributed by atoms with Crippen LogP contribution in [-0.2, 0) is 0 Å². The first-order valence-corrected chi connectivity index (χ1v) is 8.41. The third-order valence-electron chi connectivity index (χ3n) is 3.80. The molecule has 0 saturated carbocycles. The maximum Gasteiger partial charge on any atom is 0.271 e. The lowest BCUT2D eigenvalue weighted by Gasteiger charge is -2.13. The van der Waals surface area contributed by atoms with Gasteiger partial charge in [-0.15, -0.1) is 0 Å². The van der Waals surface area contributed by atoms with Crippen molar-refractivity contribution >= 4 is 23.7 Å². The highest BCUT2D eigenvalue weighted by molar-refractivity contribution is 6.33. The largest absolute Gasteiger partial charge is 0.493 e. The van der Waals surface area contributed by atoms with E-state index in [2.05, 4.69) is 10.5 Å². The Balaban J connectivity index is 2.22. The number of nitrogens with one attached hydrogen (secondary N) is 1. The molecule has 0 aliphatic carbocycles. The van der Waals surface area contributed by atoms with Gasteiger partial charge in [-0.1, -0.05) is 11.6 Å². The normalized spacial score (nSPS) is 10.5. The van der Waals surface area contributed by atoms with Crippen LogP contribution >= 0.6 is 11.6 Å². The Morgan fingerprint density at radius 1 is 0.857 bits per heavy atom. The molecule has 2 aromatic rings. The topological polar surface area (TPSA) is 87.6 Å². The van der Waals surface area contributed by atoms with E-state index in [1.165, 1.54) is 53.9 Å². The average molecular weight is 409 g/mol. The van der Waals surface area contributed by atoms with E-state index in [0.717, 1.165) is 0 Å². The van der Waals surface area contributed by atoms with Crippen LogP contribution in [0.5, 0.6) is 28.7 Å². The first-order valence-electron chi connectivity index (χ1n) is 8.03. The van der Waals surface area contributed by atoms with Gasteiger partial charge >= 0.3 is 0 Å². The number of carbonyl (C=O) groups excluding carboxylic acids is 1. The van der Waals surface area contributed by atoms with E-state index in [-0.39, 0.29) is 5.56 Å². The van der Waals surface area contributed by atoms with Gasteiger partial charge in [0.25, 0.3) is 5.91 Å². The zero-order valence-corrected chi connectivity index (χ0v) is 16.9. The van der Waals surface area contributed by atoms with Gasteiger partial charge in [-0.05, 0) is 18.2 Å². The van der Waals surface area contributed by atoms with Crippen molar-refractivity contribution in [3.05, 3.63) is 40.4 Å². The van der Waals surface area contributed by atoms with Gasteiger partial charge in [0.15, 0.2) is 23.0 Å². The number of hydrogen-bond donors (Lipinski definition) is 1. The number of nitrogens with zero attached hydrogens (tertiary/aromatic N) is 1. The Hall–Kier alpha value is -3.13. The van der Waals surface area contributed by atoms with Crippen molar-refractivity contribution in [3.8, 4) is 28.7 Å². The fourth-order valence-corrected chi connectivity index (χ4v) is 2.61. The van der Waals surface area contributed by atoms with Crippen LogP contribution in [0.3, 0.4) is 0 Å². The molecule has 0 atom stereocenters. The summed E-state index contributed by atoms with van der Waals surface area (Å²) in [5.74, 6) is 1.63. The number of rotatable bonds is 8. The summed E-state index contributed by atoms with van der Waals surface area (Å²) in [6.07, 6.45) is 1.40. The van der Waals surface area contributed by atoms with Crippen molar-refractivity contribution in [3.63, 3.8) is 0 Å². The van der Waals surface area contributed by atoms with Crippen LogP contribution in [0.15, 0.2) is 29.4 Å². The van der Waals surface area contributed by atoms with Crippen molar-refractivity contribution in [2.75, 3.05) is 35.5 Å². The Morgan fingerprint density at radius 3 is 1.89 bits per heavy atom. The van der Waals surface area contributed by atoms with E-state index in [1.54, 1.807) is 12.1 Å². The summed E-state index contributed by atoms with van der Waals surface area (Å²) in [5.41, 5.74) is 3.26. The van der Waals surface area contributed by atoms with Crippen molar-refractivity contribution < 1.29 is 28.5 Å². The van der Waals surface area contributed by atoms with Crippen LogP contribution in [-0.4, -0.2) is 47.7 Å². The predicted octanol–water partition coefficient (Wildman–Crippen LogP) is 3.15. The van der Waals surface area contributed by atoms with Crippen LogP contribution in [0, 0.1) is 0 Å². The maximum atomic E-state index is 12.4. The molecule has 9 heteroatoms. The van der Waals surface area contributed by atoms with Crippen molar-refractivity contribution in [2.45, 2.75) is 0 Å². The lowest BCUT2D eigenvalue weighted by Crippen LogP contribution is -2.18. The van der Waals surface area contributed by atoms with Crippen molar-refractivity contribution in [1.29, 1.82) is 0 Å². The molecule has 1 amide bonds. The molecule has 2 aromatic carbocycles. The summed E-state index contributed by atoms with van der Waals surface area (Å²) >= 11 is 6.20. The Kier molecular flexibility index (Phi) is 7.34. The zero-order chi connectivity index (χ0) is 20.7. The van der Waals surface area contributed by atoms with Crippen molar-refractivity contribution in [2.24, 2.45) is 5.10 Å². The van der Waals surface area contributed by atoms with Gasteiger partial charge in [0.2, 0.25) is 5.75 Å². The Morgan fingerprint density at radius 2 is 1.39 bits per heavy atom. The number of hydrogen-bond acceptors (Lipinski definition) is 7. The van der Waals surface area contributed by atoms with E-state index in [9.17, 15) is 4.79 Å². The number of carbonyl (C=O) groups is 1. The molecule has 0 heterocycles. The predicted molar refractivity (Wildman–Crippen MR) is 106 cm³/mol. The molecular formula is C19H21ClN2O6. The minimum atomic E-state index is -0.466. The number of methoxy groups -OCH3 is 5. The molecule has 0 spiro atoms. The molecular weight excluding hydrogens is 388 g/mol. The first-order chi connectivity index (χ1) is 13.5. The summed E-state index contributed by atoms with van der Waals surface area (Å²) < 4.78 is 26.1. The highest BCUT2D eigenvalue weighted by Gasteiger charge is 2.16. The molecule has 0 fully saturated rings. The van der Waals surface area contributed by atoms with E-state index in [4.69, 9.17) is 35.3 Å². The lowest BCUT2D eigenvalue weighted by atomic mass is 10.1. The molecule has 0 aromatic heterocycles. The molecule has 0 aliphatic heterocycles. The zero-order valence-electron chi connectivity index (χ0n) is 16.2. The van der Waals surface area contributed by atoms with Gasteiger partial charge in [0, 0.05) is 17.2 Å². The van der Waals surface area contributed by atoms with E-state index >= 15 is 0 Å². The first kappa shape index (κ1) is 21.2. The molecule has 1 N–H and O–H groups in total. The average Bonchev–Trinajstić information content (AvgIpc) is 2.72. The van der Waals surface area contributed by atoms with Gasteiger partial charge < -0.3 is 23.7 Å². The van der Waals surface area contributed by atoms with Gasteiger partial charge in [-0.3, -0.25) is 4.79 Å². The Bertz CT molecular complexity index is 860. The summed E-state index contributed by atoms with van der Waals surface area (Å²) in [5, 5.41) is 4.34. The van der Waals surface area contributed by atoms with Gasteiger partial charge in [0.05, 0.1) is 46.8 Å².